The van der Waals surface area contributed by atoms with Crippen LogP contribution < -0.4 is 5.32 Å². The molecule has 0 radical (unpaired) electrons. The molecule has 2 rings (SSSR count). The van der Waals surface area contributed by atoms with Crippen molar-refractivity contribution in [1.82, 2.24) is 15.5 Å². The second-order valence-corrected chi connectivity index (χ2v) is 6.15. The zero-order valence-electron chi connectivity index (χ0n) is 14.3. The van der Waals surface area contributed by atoms with Gasteiger partial charge in [0.1, 0.15) is 4.49 Å². The molecule has 1 heterocycles. The van der Waals surface area contributed by atoms with Gasteiger partial charge in [0.05, 0.1) is 13.2 Å². The Morgan fingerprint density at radius 3 is 2.32 bits per heavy atom. The molecule has 0 spiro atoms. The normalized spacial score (nSPS) is 10.5. The van der Waals surface area contributed by atoms with Crippen molar-refractivity contribution in [2.75, 3.05) is 13.2 Å². The highest BCUT2D eigenvalue weighted by Gasteiger charge is 2.38. The number of benzene rings is 1. The highest BCUT2D eigenvalue weighted by Crippen LogP contribution is 2.29. The van der Waals surface area contributed by atoms with E-state index in [1.165, 1.54) is 30.3 Å². The number of alkyl halides is 3. The van der Waals surface area contributed by atoms with Crippen molar-refractivity contribution in [3.8, 4) is 11.4 Å². The third kappa shape index (κ3) is 8.07. The molecule has 0 bridgehead atoms. The van der Waals surface area contributed by atoms with Gasteiger partial charge in [-0.15, -0.1) is 0 Å². The lowest BCUT2D eigenvalue weighted by molar-refractivity contribution is -0.159. The van der Waals surface area contributed by atoms with Crippen LogP contribution in [0, 0.1) is 5.41 Å². The van der Waals surface area contributed by atoms with E-state index in [0.717, 1.165) is 0 Å². The predicted octanol–water partition coefficient (Wildman–Crippen LogP) is 3.82. The molecule has 0 aliphatic carbocycles. The lowest BCUT2D eigenvalue weighted by Gasteiger charge is -2.04. The van der Waals surface area contributed by atoms with Gasteiger partial charge in [-0.1, -0.05) is 40.5 Å². The van der Waals surface area contributed by atoms with Gasteiger partial charge >= 0.3 is 12.1 Å². The Kier molecular flexibility index (Phi) is 9.10. The standard InChI is InChI=1S/C13H11F3N4O2.C3H4Cl2O/c1-7(17)6-18-11(21)9-4-2-8(3-5-9)10-19-12(22-20-10)13(14,15)16;4-3(5)1-2-6/h2-5,17H,6H2,1H3,(H,18,21);1,6H,2H2. The van der Waals surface area contributed by atoms with Gasteiger partial charge in [0, 0.05) is 16.8 Å². The van der Waals surface area contributed by atoms with Gasteiger partial charge in [-0.25, -0.2) is 0 Å². The summed E-state index contributed by atoms with van der Waals surface area (Å²) in [5.74, 6) is -2.03. The van der Waals surface area contributed by atoms with E-state index in [9.17, 15) is 18.0 Å². The van der Waals surface area contributed by atoms with Gasteiger partial charge in [0.2, 0.25) is 5.82 Å². The number of aliphatic hydroxyl groups is 1. The number of rotatable bonds is 5. The number of carbonyl (C=O) groups is 1. The molecule has 0 aliphatic heterocycles. The summed E-state index contributed by atoms with van der Waals surface area (Å²) < 4.78 is 41.4. The minimum absolute atomic E-state index is 0.0949. The van der Waals surface area contributed by atoms with E-state index in [-0.39, 0.29) is 29.4 Å². The number of hydrogen-bond acceptors (Lipinski definition) is 6. The monoisotopic (exact) mass is 438 g/mol. The molecule has 0 saturated carbocycles. The van der Waals surface area contributed by atoms with Crippen molar-refractivity contribution < 1.29 is 27.6 Å². The van der Waals surface area contributed by atoms with Crippen LogP contribution in [0.1, 0.15) is 23.2 Å². The average Bonchev–Trinajstić information content (AvgIpc) is 3.10. The fourth-order valence-corrected chi connectivity index (χ4v) is 1.75. The number of amides is 1. The molecule has 1 amide bonds. The molecule has 1 aromatic heterocycles. The van der Waals surface area contributed by atoms with Gasteiger partial charge in [0.15, 0.2) is 0 Å². The molecular weight excluding hydrogens is 424 g/mol. The van der Waals surface area contributed by atoms with Gasteiger partial charge < -0.3 is 20.4 Å². The Bertz CT molecular complexity index is 832. The van der Waals surface area contributed by atoms with Crippen LogP contribution in [0.15, 0.2) is 39.4 Å². The van der Waals surface area contributed by atoms with Crippen LogP contribution in [-0.2, 0) is 6.18 Å². The first-order valence-corrected chi connectivity index (χ1v) is 8.25. The zero-order valence-corrected chi connectivity index (χ0v) is 15.9. The van der Waals surface area contributed by atoms with Crippen LogP contribution in [0.5, 0.6) is 0 Å². The number of hydrogen-bond donors (Lipinski definition) is 3. The van der Waals surface area contributed by atoms with Crippen molar-refractivity contribution in [3.63, 3.8) is 0 Å². The second kappa shape index (κ2) is 10.8. The van der Waals surface area contributed by atoms with Crippen LogP contribution in [0.25, 0.3) is 11.4 Å². The molecule has 3 N–H and O–H groups in total. The summed E-state index contributed by atoms with van der Waals surface area (Å²) >= 11 is 10.1. The summed E-state index contributed by atoms with van der Waals surface area (Å²) in [6.07, 6.45) is -3.40. The molecule has 2 aromatic rings. The fraction of sp³-hybridized carbons (Fsp3) is 0.250. The predicted molar refractivity (Wildman–Crippen MR) is 97.3 cm³/mol. The highest BCUT2D eigenvalue weighted by atomic mass is 35.5. The first-order chi connectivity index (χ1) is 13.0. The summed E-state index contributed by atoms with van der Waals surface area (Å²) in [5.41, 5.74) is 0.903. The molecular formula is C16H15Cl2F3N4O3. The van der Waals surface area contributed by atoms with Gasteiger partial charge in [0.25, 0.3) is 5.91 Å². The Balaban J connectivity index is 0.000000568. The Morgan fingerprint density at radius 1 is 1.32 bits per heavy atom. The minimum Gasteiger partial charge on any atom is -0.392 e. The van der Waals surface area contributed by atoms with Crippen molar-refractivity contribution in [3.05, 3.63) is 46.3 Å². The largest absolute Gasteiger partial charge is 0.471 e. The molecule has 0 unspecified atom stereocenters. The van der Waals surface area contributed by atoms with Gasteiger partial charge in [-0.05, 0) is 25.1 Å². The number of aliphatic hydroxyl groups excluding tert-OH is 1. The molecule has 0 aliphatic rings. The Morgan fingerprint density at radius 2 is 1.93 bits per heavy atom. The molecule has 7 nitrogen and oxygen atoms in total. The van der Waals surface area contributed by atoms with Crippen molar-refractivity contribution in [2.24, 2.45) is 0 Å². The van der Waals surface area contributed by atoms with E-state index in [4.69, 9.17) is 33.7 Å². The van der Waals surface area contributed by atoms with Gasteiger partial charge in [-0.3, -0.25) is 4.79 Å². The van der Waals surface area contributed by atoms with Crippen molar-refractivity contribution in [2.45, 2.75) is 13.1 Å². The van der Waals surface area contributed by atoms with E-state index in [0.29, 0.717) is 16.8 Å². The summed E-state index contributed by atoms with van der Waals surface area (Å²) in [4.78, 5) is 15.0. The van der Waals surface area contributed by atoms with E-state index >= 15 is 0 Å². The molecule has 0 saturated heterocycles. The number of carbonyl (C=O) groups excluding carboxylic acids is 1. The van der Waals surface area contributed by atoms with Crippen LogP contribution in [0.4, 0.5) is 13.2 Å². The maximum absolute atomic E-state index is 12.4. The van der Waals surface area contributed by atoms with Gasteiger partial charge in [-0.2, -0.15) is 18.2 Å². The number of halogens is 5. The molecule has 1 aromatic carbocycles. The lowest BCUT2D eigenvalue weighted by Crippen LogP contribution is -2.27. The van der Waals surface area contributed by atoms with Crippen molar-refractivity contribution in [1.29, 1.82) is 5.41 Å². The van der Waals surface area contributed by atoms with E-state index < -0.39 is 12.1 Å². The molecule has 0 fully saturated rings. The average molecular weight is 439 g/mol. The topological polar surface area (TPSA) is 112 Å². The summed E-state index contributed by atoms with van der Waals surface area (Å²) in [6.45, 7) is 1.58. The smallest absolute Gasteiger partial charge is 0.392 e. The minimum atomic E-state index is -4.70. The van der Waals surface area contributed by atoms with Crippen molar-refractivity contribution >= 4 is 34.8 Å². The molecule has 12 heteroatoms. The highest BCUT2D eigenvalue weighted by molar-refractivity contribution is 6.55. The molecule has 152 valence electrons. The van der Waals surface area contributed by atoms with Crippen LogP contribution in [0.3, 0.4) is 0 Å². The van der Waals surface area contributed by atoms with Crippen LogP contribution in [0.2, 0.25) is 0 Å². The number of nitrogens with zero attached hydrogens (tertiary/aromatic N) is 2. The zero-order chi connectivity index (χ0) is 21.3. The Hall–Kier alpha value is -2.43. The van der Waals surface area contributed by atoms with E-state index in [1.807, 2.05) is 0 Å². The lowest BCUT2D eigenvalue weighted by atomic mass is 10.1. The Labute approximate surface area is 167 Å². The van der Waals surface area contributed by atoms with E-state index in [2.05, 4.69) is 20.0 Å². The first-order valence-electron chi connectivity index (χ1n) is 7.50. The fourth-order valence-electron chi connectivity index (χ4n) is 1.61. The number of aromatic nitrogens is 2. The maximum Gasteiger partial charge on any atom is 0.471 e. The number of nitrogens with one attached hydrogen (secondary N) is 2. The van der Waals surface area contributed by atoms with Crippen LogP contribution >= 0.6 is 23.2 Å². The summed E-state index contributed by atoms with van der Waals surface area (Å²) in [6, 6.07) is 5.68. The van der Waals surface area contributed by atoms with Crippen LogP contribution in [-0.4, -0.2) is 40.0 Å². The maximum atomic E-state index is 12.4. The first kappa shape index (κ1) is 23.6. The summed E-state index contributed by atoms with van der Waals surface area (Å²) in [5, 5.41) is 21.0. The SMILES string of the molecule is CC(=N)CNC(=O)c1ccc(-c2noc(C(F)(F)F)n2)cc1.OCC=C(Cl)Cl. The third-order valence-corrected chi connectivity index (χ3v) is 3.14. The second-order valence-electron chi connectivity index (χ2n) is 5.14. The quantitative estimate of drug-likeness (QED) is 0.614. The third-order valence-electron chi connectivity index (χ3n) is 2.83. The molecule has 28 heavy (non-hydrogen) atoms. The van der Waals surface area contributed by atoms with E-state index in [1.54, 1.807) is 6.92 Å². The molecule has 0 atom stereocenters. The summed E-state index contributed by atoms with van der Waals surface area (Å²) in [7, 11) is 0.